The summed E-state index contributed by atoms with van der Waals surface area (Å²) in [7, 11) is 1.65. The van der Waals surface area contributed by atoms with Crippen molar-refractivity contribution >= 4 is 0 Å². The van der Waals surface area contributed by atoms with E-state index < -0.39 is 5.60 Å². The van der Waals surface area contributed by atoms with Crippen LogP contribution in [0.5, 0.6) is 5.75 Å². The molecule has 22 heavy (non-hydrogen) atoms. The van der Waals surface area contributed by atoms with Gasteiger partial charge in [0.25, 0.3) is 0 Å². The molecule has 1 heterocycles. The van der Waals surface area contributed by atoms with Crippen molar-refractivity contribution in [1.29, 1.82) is 5.26 Å². The lowest BCUT2D eigenvalue weighted by molar-refractivity contribution is -0.0968. The minimum atomic E-state index is -0.427. The molecule has 1 aliphatic carbocycles. The van der Waals surface area contributed by atoms with Crippen LogP contribution in [-0.2, 0) is 6.54 Å². The van der Waals surface area contributed by atoms with E-state index in [0.29, 0.717) is 11.5 Å². The number of hydrogen-bond acceptors (Lipinski definition) is 4. The van der Waals surface area contributed by atoms with Crippen LogP contribution in [0.15, 0.2) is 18.2 Å². The molecule has 4 nitrogen and oxygen atoms in total. The second-order valence-electron chi connectivity index (χ2n) is 6.67. The van der Waals surface area contributed by atoms with Crippen molar-refractivity contribution in [2.75, 3.05) is 20.2 Å². The Kier molecular flexibility index (Phi) is 4.37. The number of benzene rings is 1. The maximum atomic E-state index is 10.8. The van der Waals surface area contributed by atoms with Crippen molar-refractivity contribution in [2.45, 2.75) is 44.2 Å². The van der Waals surface area contributed by atoms with Gasteiger partial charge in [-0.15, -0.1) is 0 Å². The molecule has 1 N–H and O–H groups in total. The third-order valence-corrected chi connectivity index (χ3v) is 5.32. The average molecular weight is 300 g/mol. The SMILES string of the molecule is COc1cc(C#N)ccc1CN1CCC2(O)CCCCC2C1. The fourth-order valence-electron chi connectivity index (χ4n) is 3.97. The number of piperidine rings is 1. The van der Waals surface area contributed by atoms with Gasteiger partial charge in [0, 0.05) is 31.1 Å². The first-order valence-corrected chi connectivity index (χ1v) is 8.16. The predicted octanol–water partition coefficient (Wildman–Crippen LogP) is 2.69. The zero-order valence-electron chi connectivity index (χ0n) is 13.2. The van der Waals surface area contributed by atoms with Gasteiger partial charge in [-0.1, -0.05) is 18.9 Å². The molecule has 0 aromatic heterocycles. The van der Waals surface area contributed by atoms with Gasteiger partial charge in [-0.2, -0.15) is 5.26 Å². The highest BCUT2D eigenvalue weighted by Gasteiger charge is 2.42. The van der Waals surface area contributed by atoms with Crippen molar-refractivity contribution in [3.8, 4) is 11.8 Å². The van der Waals surface area contributed by atoms with Gasteiger partial charge in [-0.25, -0.2) is 0 Å². The molecule has 3 rings (SSSR count). The van der Waals surface area contributed by atoms with E-state index in [-0.39, 0.29) is 0 Å². The second-order valence-corrected chi connectivity index (χ2v) is 6.67. The minimum absolute atomic E-state index is 0.402. The van der Waals surface area contributed by atoms with Gasteiger partial charge in [0.2, 0.25) is 0 Å². The lowest BCUT2D eigenvalue weighted by Gasteiger charge is -2.47. The number of aliphatic hydroxyl groups is 1. The standard InChI is InChI=1S/C18H24N2O2/c1-22-17-10-14(11-19)5-6-15(17)12-20-9-8-18(21)7-3-2-4-16(18)13-20/h5-6,10,16,21H,2-4,7-9,12-13H2,1H3. The molecule has 1 saturated carbocycles. The molecule has 0 radical (unpaired) electrons. The fourth-order valence-corrected chi connectivity index (χ4v) is 3.97. The molecule has 1 saturated heterocycles. The number of ether oxygens (including phenoxy) is 1. The molecule has 2 fully saturated rings. The zero-order valence-corrected chi connectivity index (χ0v) is 13.2. The number of fused-ring (bicyclic) bond motifs is 1. The molecule has 2 aliphatic rings. The molecule has 0 spiro atoms. The first-order valence-electron chi connectivity index (χ1n) is 8.16. The summed E-state index contributed by atoms with van der Waals surface area (Å²) in [6.07, 6.45) is 5.37. The largest absolute Gasteiger partial charge is 0.496 e. The molecular weight excluding hydrogens is 276 g/mol. The van der Waals surface area contributed by atoms with E-state index in [2.05, 4.69) is 11.0 Å². The quantitative estimate of drug-likeness (QED) is 0.932. The predicted molar refractivity (Wildman–Crippen MR) is 84.5 cm³/mol. The number of nitrogens with zero attached hydrogens (tertiary/aromatic N) is 2. The highest BCUT2D eigenvalue weighted by molar-refractivity contribution is 5.42. The molecule has 4 heteroatoms. The van der Waals surface area contributed by atoms with E-state index in [0.717, 1.165) is 56.6 Å². The lowest BCUT2D eigenvalue weighted by Crippen LogP contribution is -2.52. The van der Waals surface area contributed by atoms with Crippen LogP contribution in [0.1, 0.15) is 43.2 Å². The Morgan fingerprint density at radius 2 is 2.27 bits per heavy atom. The molecule has 0 amide bonds. The minimum Gasteiger partial charge on any atom is -0.496 e. The highest BCUT2D eigenvalue weighted by Crippen LogP contribution is 2.40. The van der Waals surface area contributed by atoms with Crippen LogP contribution in [-0.4, -0.2) is 35.8 Å². The van der Waals surface area contributed by atoms with Crippen LogP contribution in [0.4, 0.5) is 0 Å². The van der Waals surface area contributed by atoms with E-state index in [1.54, 1.807) is 13.2 Å². The molecule has 1 aliphatic heterocycles. The van der Waals surface area contributed by atoms with Gasteiger partial charge in [-0.3, -0.25) is 4.90 Å². The molecule has 1 aromatic rings. The third-order valence-electron chi connectivity index (χ3n) is 5.32. The Bertz CT molecular complexity index is 581. The van der Waals surface area contributed by atoms with Crippen LogP contribution >= 0.6 is 0 Å². The molecule has 118 valence electrons. The maximum Gasteiger partial charge on any atom is 0.124 e. The number of hydrogen-bond donors (Lipinski definition) is 1. The Morgan fingerprint density at radius 1 is 1.41 bits per heavy atom. The lowest BCUT2D eigenvalue weighted by atomic mass is 9.71. The summed E-state index contributed by atoms with van der Waals surface area (Å²) >= 11 is 0. The van der Waals surface area contributed by atoms with Crippen LogP contribution in [0.2, 0.25) is 0 Å². The van der Waals surface area contributed by atoms with Crippen LogP contribution in [0.25, 0.3) is 0 Å². The van der Waals surface area contributed by atoms with Crippen molar-refractivity contribution < 1.29 is 9.84 Å². The maximum absolute atomic E-state index is 10.8. The summed E-state index contributed by atoms with van der Waals surface area (Å²) in [5.41, 5.74) is 1.31. The first kappa shape index (κ1) is 15.3. The normalized spacial score (nSPS) is 28.7. The van der Waals surface area contributed by atoms with Crippen molar-refractivity contribution in [2.24, 2.45) is 5.92 Å². The van der Waals surface area contributed by atoms with Crippen LogP contribution in [0, 0.1) is 17.2 Å². The summed E-state index contributed by atoms with van der Waals surface area (Å²) in [6.45, 7) is 2.71. The van der Waals surface area contributed by atoms with Crippen molar-refractivity contribution in [3.05, 3.63) is 29.3 Å². The molecule has 1 aromatic carbocycles. The van der Waals surface area contributed by atoms with Crippen molar-refractivity contribution in [3.63, 3.8) is 0 Å². The van der Waals surface area contributed by atoms with Crippen LogP contribution < -0.4 is 4.74 Å². The van der Waals surface area contributed by atoms with Crippen LogP contribution in [0.3, 0.4) is 0 Å². The first-order chi connectivity index (χ1) is 10.6. The van der Waals surface area contributed by atoms with E-state index in [4.69, 9.17) is 10.00 Å². The summed E-state index contributed by atoms with van der Waals surface area (Å²) in [6, 6.07) is 7.78. The number of nitriles is 1. The van der Waals surface area contributed by atoms with E-state index in [1.807, 2.05) is 12.1 Å². The topological polar surface area (TPSA) is 56.5 Å². The third kappa shape index (κ3) is 2.97. The summed E-state index contributed by atoms with van der Waals surface area (Å²) < 4.78 is 5.43. The van der Waals surface area contributed by atoms with Crippen molar-refractivity contribution in [1.82, 2.24) is 4.90 Å². The molecular formula is C18H24N2O2. The summed E-state index contributed by atoms with van der Waals surface area (Å²) in [4.78, 5) is 2.41. The molecule has 0 bridgehead atoms. The van der Waals surface area contributed by atoms with Gasteiger partial charge in [0.1, 0.15) is 5.75 Å². The fraction of sp³-hybridized carbons (Fsp3) is 0.611. The summed E-state index contributed by atoms with van der Waals surface area (Å²) in [5.74, 6) is 1.18. The van der Waals surface area contributed by atoms with Gasteiger partial charge >= 0.3 is 0 Å². The van der Waals surface area contributed by atoms with Gasteiger partial charge in [0.15, 0.2) is 0 Å². The number of rotatable bonds is 3. The Morgan fingerprint density at radius 3 is 3.05 bits per heavy atom. The van der Waals surface area contributed by atoms with Gasteiger partial charge in [-0.05, 0) is 31.4 Å². The zero-order chi connectivity index (χ0) is 15.6. The van der Waals surface area contributed by atoms with E-state index in [9.17, 15) is 5.11 Å². The van der Waals surface area contributed by atoms with E-state index >= 15 is 0 Å². The van der Waals surface area contributed by atoms with Gasteiger partial charge < -0.3 is 9.84 Å². The molecule has 2 atom stereocenters. The smallest absolute Gasteiger partial charge is 0.124 e. The number of methoxy groups -OCH3 is 1. The van der Waals surface area contributed by atoms with Gasteiger partial charge in [0.05, 0.1) is 24.3 Å². The number of likely N-dealkylation sites (tertiary alicyclic amines) is 1. The average Bonchev–Trinajstić information content (AvgIpc) is 2.55. The second kappa shape index (κ2) is 6.28. The highest BCUT2D eigenvalue weighted by atomic mass is 16.5. The molecule has 2 unspecified atom stereocenters. The Hall–Kier alpha value is -1.57. The Labute approximate surface area is 132 Å². The Balaban J connectivity index is 1.71. The summed E-state index contributed by atoms with van der Waals surface area (Å²) in [5, 5.41) is 19.7. The monoisotopic (exact) mass is 300 g/mol. The van der Waals surface area contributed by atoms with E-state index in [1.165, 1.54) is 6.42 Å².